The van der Waals surface area contributed by atoms with Crippen LogP contribution in [0.1, 0.15) is 32.1 Å². The van der Waals surface area contributed by atoms with Crippen molar-refractivity contribution >= 4 is 23.6 Å². The number of likely N-dealkylation sites (N-methyl/N-ethyl adjacent to an activating group) is 1. The largest absolute Gasteiger partial charge is 0.346 e. The Hall–Kier alpha value is -0.750. The van der Waals surface area contributed by atoms with Crippen LogP contribution in [0.25, 0.3) is 0 Å². The fourth-order valence-corrected chi connectivity index (χ4v) is 4.80. The summed E-state index contributed by atoms with van der Waals surface area (Å²) >= 11 is 1.80. The van der Waals surface area contributed by atoms with Gasteiger partial charge in [-0.1, -0.05) is 0 Å². The first-order valence-corrected chi connectivity index (χ1v) is 9.96. The first-order valence-electron chi connectivity index (χ1n) is 8.81. The number of carbonyl (C=O) groups is 2. The maximum Gasteiger partial charge on any atom is 0.232 e. The maximum atomic E-state index is 12.6. The third kappa shape index (κ3) is 4.02. The number of amides is 2. The first-order chi connectivity index (χ1) is 11.0. The summed E-state index contributed by atoms with van der Waals surface area (Å²) in [5.41, 5.74) is -0.0184. The molecule has 3 fully saturated rings. The second-order valence-corrected chi connectivity index (χ2v) is 8.52. The van der Waals surface area contributed by atoms with Crippen LogP contribution in [0.5, 0.6) is 0 Å². The summed E-state index contributed by atoms with van der Waals surface area (Å²) < 4.78 is 0. The van der Waals surface area contributed by atoms with Crippen LogP contribution in [0.2, 0.25) is 0 Å². The minimum atomic E-state index is -0.0184. The molecule has 130 valence electrons. The normalized spacial score (nSPS) is 29.9. The molecule has 2 amide bonds. The zero-order chi connectivity index (χ0) is 16.4. The number of piperazine rings is 1. The molecule has 2 saturated heterocycles. The SMILES string of the molecule is CN1CC[C@@]2(CCC1=O)CN(C(=O)CSCC1CC1)CCN2C. The van der Waals surface area contributed by atoms with Gasteiger partial charge in [-0.15, -0.1) is 0 Å². The minimum Gasteiger partial charge on any atom is -0.346 e. The Morgan fingerprint density at radius 3 is 2.74 bits per heavy atom. The van der Waals surface area contributed by atoms with E-state index in [9.17, 15) is 9.59 Å². The first kappa shape index (κ1) is 17.1. The molecule has 1 spiro atoms. The van der Waals surface area contributed by atoms with E-state index < -0.39 is 0 Å². The van der Waals surface area contributed by atoms with Gasteiger partial charge in [0, 0.05) is 45.2 Å². The zero-order valence-electron chi connectivity index (χ0n) is 14.4. The van der Waals surface area contributed by atoms with Gasteiger partial charge in [-0.25, -0.2) is 0 Å². The van der Waals surface area contributed by atoms with E-state index >= 15 is 0 Å². The predicted octanol–water partition coefficient (Wildman–Crippen LogP) is 1.28. The highest BCUT2D eigenvalue weighted by molar-refractivity contribution is 7.99. The molecule has 5 nitrogen and oxygen atoms in total. The van der Waals surface area contributed by atoms with E-state index in [1.807, 2.05) is 11.9 Å². The van der Waals surface area contributed by atoms with Crippen LogP contribution >= 0.6 is 11.8 Å². The van der Waals surface area contributed by atoms with Crippen molar-refractivity contribution in [1.82, 2.24) is 14.7 Å². The molecule has 23 heavy (non-hydrogen) atoms. The molecule has 0 aromatic carbocycles. The molecule has 0 aromatic heterocycles. The van der Waals surface area contributed by atoms with Crippen LogP contribution in [0, 0.1) is 5.92 Å². The smallest absolute Gasteiger partial charge is 0.232 e. The molecule has 0 N–H and O–H groups in total. The number of thioether (sulfide) groups is 1. The summed E-state index contributed by atoms with van der Waals surface area (Å²) in [5.74, 6) is 3.15. The van der Waals surface area contributed by atoms with Gasteiger partial charge < -0.3 is 9.80 Å². The molecule has 2 heterocycles. The standard InChI is InChI=1S/C17H29N3O2S/c1-18-8-7-17(6-5-15(18)21)13-20(10-9-19(17)2)16(22)12-23-11-14-3-4-14/h14H,3-13H2,1-2H3/t17-/m0/s1. The molecule has 0 aromatic rings. The second-order valence-electron chi connectivity index (χ2n) is 7.48. The van der Waals surface area contributed by atoms with E-state index in [4.69, 9.17) is 0 Å². The van der Waals surface area contributed by atoms with Gasteiger partial charge in [0.25, 0.3) is 0 Å². The van der Waals surface area contributed by atoms with Crippen molar-refractivity contribution in [2.45, 2.75) is 37.6 Å². The number of rotatable bonds is 4. The van der Waals surface area contributed by atoms with Gasteiger partial charge in [0.1, 0.15) is 0 Å². The lowest BCUT2D eigenvalue weighted by Gasteiger charge is -2.49. The Morgan fingerprint density at radius 1 is 1.22 bits per heavy atom. The summed E-state index contributed by atoms with van der Waals surface area (Å²) in [4.78, 5) is 30.8. The van der Waals surface area contributed by atoms with Gasteiger partial charge in [0.15, 0.2) is 0 Å². The molecule has 0 radical (unpaired) electrons. The van der Waals surface area contributed by atoms with E-state index in [-0.39, 0.29) is 17.4 Å². The van der Waals surface area contributed by atoms with Gasteiger partial charge in [-0.05, 0) is 44.4 Å². The highest BCUT2D eigenvalue weighted by Crippen LogP contribution is 2.34. The highest BCUT2D eigenvalue weighted by Gasteiger charge is 2.42. The highest BCUT2D eigenvalue weighted by atomic mass is 32.2. The molecule has 1 saturated carbocycles. The van der Waals surface area contributed by atoms with Crippen LogP contribution in [0.3, 0.4) is 0 Å². The van der Waals surface area contributed by atoms with Gasteiger partial charge in [0.2, 0.25) is 11.8 Å². The quantitative estimate of drug-likeness (QED) is 0.774. The molecular weight excluding hydrogens is 310 g/mol. The molecule has 3 rings (SSSR count). The fourth-order valence-electron chi connectivity index (χ4n) is 3.66. The Kier molecular flexibility index (Phi) is 5.21. The minimum absolute atomic E-state index is 0.0184. The topological polar surface area (TPSA) is 43.9 Å². The van der Waals surface area contributed by atoms with Crippen LogP contribution in [-0.2, 0) is 9.59 Å². The number of hydrogen-bond donors (Lipinski definition) is 0. The van der Waals surface area contributed by atoms with Crippen molar-refractivity contribution in [1.29, 1.82) is 0 Å². The Morgan fingerprint density at radius 2 is 2.00 bits per heavy atom. The van der Waals surface area contributed by atoms with Crippen molar-refractivity contribution in [3.63, 3.8) is 0 Å². The zero-order valence-corrected chi connectivity index (χ0v) is 15.2. The average Bonchev–Trinajstić information content (AvgIpc) is 3.36. The van der Waals surface area contributed by atoms with Crippen molar-refractivity contribution in [2.75, 3.05) is 51.8 Å². The van der Waals surface area contributed by atoms with Gasteiger partial charge in [0.05, 0.1) is 5.75 Å². The third-order valence-electron chi connectivity index (χ3n) is 5.77. The Balaban J connectivity index is 1.58. The van der Waals surface area contributed by atoms with E-state index in [0.29, 0.717) is 12.2 Å². The third-order valence-corrected chi connectivity index (χ3v) is 6.93. The van der Waals surface area contributed by atoms with E-state index in [2.05, 4.69) is 16.8 Å². The molecular formula is C17H29N3O2S. The summed E-state index contributed by atoms with van der Waals surface area (Å²) in [6.45, 7) is 3.32. The number of hydrogen-bond acceptors (Lipinski definition) is 4. The number of likely N-dealkylation sites (tertiary alicyclic amines) is 1. The van der Waals surface area contributed by atoms with Crippen molar-refractivity contribution in [3.05, 3.63) is 0 Å². The molecule has 1 aliphatic carbocycles. The van der Waals surface area contributed by atoms with Crippen LogP contribution in [-0.4, -0.2) is 83.8 Å². The van der Waals surface area contributed by atoms with Gasteiger partial charge in [-0.3, -0.25) is 14.5 Å². The lowest BCUT2D eigenvalue weighted by molar-refractivity contribution is -0.134. The second kappa shape index (κ2) is 7.01. The van der Waals surface area contributed by atoms with Crippen LogP contribution in [0.4, 0.5) is 0 Å². The fraction of sp³-hybridized carbons (Fsp3) is 0.882. The Labute approximate surface area is 143 Å². The molecule has 2 aliphatic heterocycles. The van der Waals surface area contributed by atoms with E-state index in [1.54, 1.807) is 11.8 Å². The Bertz CT molecular complexity index is 469. The van der Waals surface area contributed by atoms with Crippen molar-refractivity contribution < 1.29 is 9.59 Å². The molecule has 0 unspecified atom stereocenters. The lowest BCUT2D eigenvalue weighted by atomic mass is 9.86. The summed E-state index contributed by atoms with van der Waals surface area (Å²) in [6.07, 6.45) is 5.12. The van der Waals surface area contributed by atoms with Gasteiger partial charge in [-0.2, -0.15) is 11.8 Å². The van der Waals surface area contributed by atoms with Crippen molar-refractivity contribution in [3.8, 4) is 0 Å². The van der Waals surface area contributed by atoms with Gasteiger partial charge >= 0.3 is 0 Å². The molecule has 0 bridgehead atoms. The summed E-state index contributed by atoms with van der Waals surface area (Å²) in [5, 5.41) is 0. The van der Waals surface area contributed by atoms with Crippen molar-refractivity contribution in [2.24, 2.45) is 5.92 Å². The van der Waals surface area contributed by atoms with E-state index in [1.165, 1.54) is 12.8 Å². The van der Waals surface area contributed by atoms with Crippen LogP contribution in [0.15, 0.2) is 0 Å². The van der Waals surface area contributed by atoms with Crippen LogP contribution < -0.4 is 0 Å². The maximum absolute atomic E-state index is 12.6. The lowest BCUT2D eigenvalue weighted by Crippen LogP contribution is -2.62. The van der Waals surface area contributed by atoms with E-state index in [0.717, 1.165) is 50.7 Å². The number of carbonyl (C=O) groups excluding carboxylic acids is 2. The summed E-state index contributed by atoms with van der Waals surface area (Å²) in [7, 11) is 4.04. The predicted molar refractivity (Wildman–Crippen MR) is 93.5 cm³/mol. The molecule has 3 aliphatic rings. The summed E-state index contributed by atoms with van der Waals surface area (Å²) in [6, 6.07) is 0. The number of nitrogens with zero attached hydrogens (tertiary/aromatic N) is 3. The average molecular weight is 340 g/mol. The molecule has 1 atom stereocenters. The monoisotopic (exact) mass is 339 g/mol. The molecule has 6 heteroatoms.